The first-order valence-electron chi connectivity index (χ1n) is 12.8. The molecule has 200 valence electrons. The summed E-state index contributed by atoms with van der Waals surface area (Å²) in [5, 5.41) is 1.25. The van der Waals surface area contributed by atoms with Crippen LogP contribution in [0.4, 0.5) is 17.6 Å². The predicted molar refractivity (Wildman–Crippen MR) is 140 cm³/mol. The molecule has 4 rings (SSSR count). The maximum absolute atomic E-state index is 15.3. The van der Waals surface area contributed by atoms with Crippen molar-refractivity contribution in [1.82, 2.24) is 9.97 Å². The topological polar surface area (TPSA) is 44.2 Å². The van der Waals surface area contributed by atoms with E-state index < -0.39 is 12.8 Å². The molecule has 0 radical (unpaired) electrons. The fourth-order valence-corrected chi connectivity index (χ4v) is 4.12. The minimum atomic E-state index is -4.38. The second-order valence-electron chi connectivity index (χ2n) is 9.17. The SMILES string of the molecule is CCCCCCOc1cnc(-c2ccc3c(F)c(CCc4ccc(OCC(F)(F)F)cc4)ccc3c2)nc1. The van der Waals surface area contributed by atoms with E-state index in [1.165, 1.54) is 25.0 Å². The largest absolute Gasteiger partial charge is 0.490 e. The molecule has 1 aromatic heterocycles. The highest BCUT2D eigenvalue weighted by Gasteiger charge is 2.28. The fourth-order valence-electron chi connectivity index (χ4n) is 4.12. The number of nitrogens with zero attached hydrogens (tertiary/aromatic N) is 2. The molecule has 3 aromatic carbocycles. The highest BCUT2D eigenvalue weighted by atomic mass is 19.4. The number of fused-ring (bicyclic) bond motifs is 1. The molecule has 0 bridgehead atoms. The number of alkyl halides is 3. The third kappa shape index (κ3) is 7.66. The summed E-state index contributed by atoms with van der Waals surface area (Å²) >= 11 is 0. The molecular formula is C30H30F4N2O2. The van der Waals surface area contributed by atoms with Gasteiger partial charge in [0.15, 0.2) is 18.2 Å². The van der Waals surface area contributed by atoms with Crippen LogP contribution >= 0.6 is 0 Å². The number of aromatic nitrogens is 2. The van der Waals surface area contributed by atoms with Crippen molar-refractivity contribution >= 4 is 10.8 Å². The molecule has 0 saturated carbocycles. The summed E-state index contributed by atoms with van der Waals surface area (Å²) in [6.45, 7) is 1.48. The fraction of sp³-hybridized carbons (Fsp3) is 0.333. The van der Waals surface area contributed by atoms with Gasteiger partial charge >= 0.3 is 6.18 Å². The van der Waals surface area contributed by atoms with Gasteiger partial charge in [0.1, 0.15) is 11.6 Å². The van der Waals surface area contributed by atoms with E-state index in [0.717, 1.165) is 29.4 Å². The van der Waals surface area contributed by atoms with Gasteiger partial charge in [0, 0.05) is 10.9 Å². The molecule has 0 unspecified atom stereocenters. The third-order valence-electron chi connectivity index (χ3n) is 6.20. The monoisotopic (exact) mass is 526 g/mol. The van der Waals surface area contributed by atoms with Gasteiger partial charge in [-0.05, 0) is 54.0 Å². The van der Waals surface area contributed by atoms with E-state index in [1.807, 2.05) is 12.1 Å². The molecule has 0 saturated heterocycles. The Morgan fingerprint density at radius 1 is 0.789 bits per heavy atom. The number of benzene rings is 3. The average molecular weight is 527 g/mol. The Balaban J connectivity index is 1.37. The van der Waals surface area contributed by atoms with Gasteiger partial charge in [0.05, 0.1) is 19.0 Å². The number of hydrogen-bond acceptors (Lipinski definition) is 4. The van der Waals surface area contributed by atoms with Crippen LogP contribution in [-0.2, 0) is 12.8 Å². The Morgan fingerprint density at radius 2 is 1.55 bits per heavy atom. The van der Waals surface area contributed by atoms with E-state index >= 15 is 4.39 Å². The number of aryl methyl sites for hydroxylation is 2. The van der Waals surface area contributed by atoms with E-state index in [1.54, 1.807) is 42.7 Å². The van der Waals surface area contributed by atoms with E-state index in [4.69, 9.17) is 9.47 Å². The van der Waals surface area contributed by atoms with Crippen molar-refractivity contribution in [3.8, 4) is 22.9 Å². The van der Waals surface area contributed by atoms with Gasteiger partial charge in [-0.3, -0.25) is 0 Å². The summed E-state index contributed by atoms with van der Waals surface area (Å²) in [6, 6.07) is 15.4. The molecule has 0 spiro atoms. The molecule has 0 amide bonds. The van der Waals surface area contributed by atoms with E-state index in [2.05, 4.69) is 16.9 Å². The molecule has 0 fully saturated rings. The number of ether oxygens (including phenoxy) is 2. The van der Waals surface area contributed by atoms with Crippen molar-refractivity contribution in [2.24, 2.45) is 0 Å². The van der Waals surface area contributed by atoms with Gasteiger partial charge < -0.3 is 9.47 Å². The lowest BCUT2D eigenvalue weighted by atomic mass is 9.99. The Hall–Kier alpha value is -3.68. The van der Waals surface area contributed by atoms with Gasteiger partial charge in [-0.1, -0.05) is 62.6 Å². The van der Waals surface area contributed by atoms with Crippen LogP contribution in [0.25, 0.3) is 22.2 Å². The van der Waals surface area contributed by atoms with Crippen molar-refractivity contribution in [3.05, 3.63) is 83.9 Å². The highest BCUT2D eigenvalue weighted by molar-refractivity contribution is 5.87. The summed E-state index contributed by atoms with van der Waals surface area (Å²) in [5.41, 5.74) is 2.23. The number of hydrogen-bond donors (Lipinski definition) is 0. The van der Waals surface area contributed by atoms with Gasteiger partial charge in [-0.15, -0.1) is 0 Å². The van der Waals surface area contributed by atoms with Crippen LogP contribution in [0.15, 0.2) is 67.0 Å². The number of unbranched alkanes of at least 4 members (excludes halogenated alkanes) is 3. The summed E-state index contributed by atoms with van der Waals surface area (Å²) in [5.74, 6) is 1.03. The minimum absolute atomic E-state index is 0.146. The first-order chi connectivity index (χ1) is 18.3. The smallest absolute Gasteiger partial charge is 0.422 e. The highest BCUT2D eigenvalue weighted by Crippen LogP contribution is 2.27. The molecule has 1 heterocycles. The lowest BCUT2D eigenvalue weighted by Crippen LogP contribution is -2.19. The summed E-state index contributed by atoms with van der Waals surface area (Å²) < 4.78 is 62.6. The van der Waals surface area contributed by atoms with Crippen molar-refractivity contribution in [3.63, 3.8) is 0 Å². The molecule has 0 aliphatic carbocycles. The minimum Gasteiger partial charge on any atom is -0.490 e. The zero-order valence-electron chi connectivity index (χ0n) is 21.2. The normalized spacial score (nSPS) is 11.6. The first kappa shape index (κ1) is 27.4. The summed E-state index contributed by atoms with van der Waals surface area (Å²) in [7, 11) is 0. The number of rotatable bonds is 12. The second kappa shape index (κ2) is 12.7. The summed E-state index contributed by atoms with van der Waals surface area (Å²) in [4.78, 5) is 8.82. The molecule has 8 heteroatoms. The van der Waals surface area contributed by atoms with Crippen molar-refractivity contribution in [2.45, 2.75) is 51.6 Å². The van der Waals surface area contributed by atoms with Crippen LogP contribution in [0.3, 0.4) is 0 Å². The average Bonchev–Trinajstić information content (AvgIpc) is 2.92. The molecule has 38 heavy (non-hydrogen) atoms. The van der Waals surface area contributed by atoms with Gasteiger partial charge in [-0.25, -0.2) is 14.4 Å². The van der Waals surface area contributed by atoms with Crippen LogP contribution in [0, 0.1) is 5.82 Å². The molecule has 0 aliphatic heterocycles. The zero-order chi connectivity index (χ0) is 27.0. The van der Waals surface area contributed by atoms with E-state index in [9.17, 15) is 13.2 Å². The van der Waals surface area contributed by atoms with Crippen molar-refractivity contribution in [1.29, 1.82) is 0 Å². The third-order valence-corrected chi connectivity index (χ3v) is 6.20. The molecular weight excluding hydrogens is 496 g/mol. The Morgan fingerprint density at radius 3 is 2.26 bits per heavy atom. The maximum Gasteiger partial charge on any atom is 0.422 e. The van der Waals surface area contributed by atoms with Crippen LogP contribution < -0.4 is 9.47 Å². The van der Waals surface area contributed by atoms with Crippen LogP contribution in [0.1, 0.15) is 43.7 Å². The first-order valence-corrected chi connectivity index (χ1v) is 12.8. The summed E-state index contributed by atoms with van der Waals surface area (Å²) in [6.07, 6.45) is 4.45. The lowest BCUT2D eigenvalue weighted by molar-refractivity contribution is -0.153. The zero-order valence-corrected chi connectivity index (χ0v) is 21.2. The van der Waals surface area contributed by atoms with Crippen LogP contribution in [-0.4, -0.2) is 29.4 Å². The van der Waals surface area contributed by atoms with Crippen LogP contribution in [0.5, 0.6) is 11.5 Å². The Labute approximate surface area is 219 Å². The maximum atomic E-state index is 15.3. The standard InChI is InChI=1S/C30H30F4N2O2/c1-2-3-4-5-16-37-26-18-35-29(36-19-26)24-12-15-27-23(17-24)11-10-22(28(27)31)9-6-21-7-13-25(14-8-21)38-20-30(32,33)34/h7-8,10-15,17-19H,2-6,9,16,20H2,1H3. The Kier molecular flexibility index (Phi) is 9.15. The van der Waals surface area contributed by atoms with Crippen molar-refractivity contribution < 1.29 is 27.0 Å². The molecule has 4 nitrogen and oxygen atoms in total. The van der Waals surface area contributed by atoms with Gasteiger partial charge in [0.2, 0.25) is 0 Å². The quantitative estimate of drug-likeness (QED) is 0.138. The lowest BCUT2D eigenvalue weighted by Gasteiger charge is -2.10. The molecule has 0 N–H and O–H groups in total. The molecule has 0 atom stereocenters. The van der Waals surface area contributed by atoms with E-state index in [0.29, 0.717) is 42.0 Å². The van der Waals surface area contributed by atoms with Crippen LogP contribution in [0.2, 0.25) is 0 Å². The van der Waals surface area contributed by atoms with Crippen molar-refractivity contribution in [2.75, 3.05) is 13.2 Å². The van der Waals surface area contributed by atoms with Gasteiger partial charge in [-0.2, -0.15) is 13.2 Å². The predicted octanol–water partition coefficient (Wildman–Crippen LogP) is 8.12. The molecule has 0 aliphatic rings. The Bertz CT molecular complexity index is 1320. The number of halogens is 4. The molecule has 4 aromatic rings. The van der Waals surface area contributed by atoms with E-state index in [-0.39, 0.29) is 11.6 Å². The van der Waals surface area contributed by atoms with Gasteiger partial charge in [0.25, 0.3) is 0 Å². The second-order valence-corrected chi connectivity index (χ2v) is 9.17.